The standard InChI is InChI=1S/C15H15N3/c1-10(15-8-16-9-17-15)13-7-12-5-3-4-6-14(12)18-11(13)2/h3-10H,1-2H3,(H,16,17). The van der Waals surface area contributed by atoms with Crippen molar-refractivity contribution in [2.24, 2.45) is 0 Å². The Morgan fingerprint density at radius 1 is 1.22 bits per heavy atom. The lowest BCUT2D eigenvalue weighted by atomic mass is 9.95. The number of nitrogens with one attached hydrogen (secondary N) is 1. The first kappa shape index (κ1) is 11.0. The molecule has 1 atom stereocenters. The molecule has 3 rings (SSSR count). The summed E-state index contributed by atoms with van der Waals surface area (Å²) in [5.74, 6) is 0.282. The maximum Gasteiger partial charge on any atom is 0.0921 e. The Hall–Kier alpha value is -2.16. The van der Waals surface area contributed by atoms with Crippen LogP contribution in [0.5, 0.6) is 0 Å². The van der Waals surface area contributed by atoms with Crippen molar-refractivity contribution < 1.29 is 0 Å². The van der Waals surface area contributed by atoms with Gasteiger partial charge < -0.3 is 4.98 Å². The zero-order valence-corrected chi connectivity index (χ0v) is 10.5. The fraction of sp³-hybridized carbons (Fsp3) is 0.200. The Morgan fingerprint density at radius 2 is 2.06 bits per heavy atom. The van der Waals surface area contributed by atoms with Gasteiger partial charge in [-0.3, -0.25) is 4.98 Å². The number of para-hydroxylation sites is 1. The van der Waals surface area contributed by atoms with Gasteiger partial charge in [0.15, 0.2) is 0 Å². The van der Waals surface area contributed by atoms with Crippen molar-refractivity contribution in [3.8, 4) is 0 Å². The van der Waals surface area contributed by atoms with E-state index in [1.165, 1.54) is 10.9 Å². The average molecular weight is 237 g/mol. The highest BCUT2D eigenvalue weighted by molar-refractivity contribution is 5.79. The van der Waals surface area contributed by atoms with Crippen molar-refractivity contribution >= 4 is 10.9 Å². The molecule has 0 aliphatic heterocycles. The summed E-state index contributed by atoms with van der Waals surface area (Å²) >= 11 is 0. The molecule has 18 heavy (non-hydrogen) atoms. The SMILES string of the molecule is Cc1nc2ccccc2cc1C(C)c1cnc[nH]1. The van der Waals surface area contributed by atoms with Crippen molar-refractivity contribution in [2.45, 2.75) is 19.8 Å². The van der Waals surface area contributed by atoms with Crippen LogP contribution in [0.3, 0.4) is 0 Å². The van der Waals surface area contributed by atoms with Crippen LogP contribution in [-0.2, 0) is 0 Å². The van der Waals surface area contributed by atoms with Gasteiger partial charge in [-0.2, -0.15) is 0 Å². The van der Waals surface area contributed by atoms with Gasteiger partial charge in [-0.25, -0.2) is 4.98 Å². The Kier molecular flexibility index (Phi) is 2.59. The second kappa shape index (κ2) is 4.26. The highest BCUT2D eigenvalue weighted by Gasteiger charge is 2.13. The molecule has 0 saturated heterocycles. The predicted molar refractivity (Wildman–Crippen MR) is 72.6 cm³/mol. The molecule has 3 nitrogen and oxygen atoms in total. The number of hydrogen-bond acceptors (Lipinski definition) is 2. The molecule has 3 aromatic rings. The van der Waals surface area contributed by atoms with Crippen LogP contribution >= 0.6 is 0 Å². The zero-order valence-electron chi connectivity index (χ0n) is 10.5. The van der Waals surface area contributed by atoms with Crippen LogP contribution in [0.4, 0.5) is 0 Å². The molecular formula is C15H15N3. The summed E-state index contributed by atoms with van der Waals surface area (Å²) in [6, 6.07) is 10.4. The number of nitrogens with zero attached hydrogens (tertiary/aromatic N) is 2. The van der Waals surface area contributed by atoms with E-state index in [1.54, 1.807) is 6.33 Å². The van der Waals surface area contributed by atoms with Crippen LogP contribution in [0, 0.1) is 6.92 Å². The maximum absolute atomic E-state index is 4.67. The van der Waals surface area contributed by atoms with Crippen molar-refractivity contribution in [3.05, 3.63) is 59.8 Å². The summed E-state index contributed by atoms with van der Waals surface area (Å²) in [5.41, 5.74) is 4.50. The van der Waals surface area contributed by atoms with Crippen LogP contribution in [0.15, 0.2) is 42.9 Å². The fourth-order valence-corrected chi connectivity index (χ4v) is 2.34. The highest BCUT2D eigenvalue weighted by atomic mass is 14.9. The van der Waals surface area contributed by atoms with E-state index in [4.69, 9.17) is 0 Å². The second-order valence-electron chi connectivity index (χ2n) is 4.58. The number of benzene rings is 1. The van der Waals surface area contributed by atoms with E-state index in [0.29, 0.717) is 0 Å². The summed E-state index contributed by atoms with van der Waals surface area (Å²) in [5, 5.41) is 1.18. The minimum atomic E-state index is 0.282. The number of H-pyrrole nitrogens is 1. The molecule has 1 aromatic carbocycles. The van der Waals surface area contributed by atoms with Gasteiger partial charge in [-0.15, -0.1) is 0 Å². The lowest BCUT2D eigenvalue weighted by Gasteiger charge is -2.13. The lowest BCUT2D eigenvalue weighted by molar-refractivity contribution is 0.865. The normalized spacial score (nSPS) is 12.8. The molecule has 0 bridgehead atoms. The molecule has 0 radical (unpaired) electrons. The molecule has 3 heteroatoms. The Bertz CT molecular complexity index is 671. The minimum absolute atomic E-state index is 0.282. The van der Waals surface area contributed by atoms with Crippen molar-refractivity contribution in [1.29, 1.82) is 0 Å². The quantitative estimate of drug-likeness (QED) is 0.742. The van der Waals surface area contributed by atoms with E-state index in [2.05, 4.69) is 40.9 Å². The number of aromatic amines is 1. The first-order chi connectivity index (χ1) is 8.75. The lowest BCUT2D eigenvalue weighted by Crippen LogP contribution is -2.01. The van der Waals surface area contributed by atoms with Gasteiger partial charge >= 0.3 is 0 Å². The maximum atomic E-state index is 4.67. The zero-order chi connectivity index (χ0) is 12.5. The van der Waals surface area contributed by atoms with E-state index in [1.807, 2.05) is 24.4 Å². The third-order valence-electron chi connectivity index (χ3n) is 3.41. The molecule has 1 unspecified atom stereocenters. The van der Waals surface area contributed by atoms with Gasteiger partial charge in [-0.05, 0) is 24.6 Å². The monoisotopic (exact) mass is 237 g/mol. The molecule has 0 aliphatic rings. The highest BCUT2D eigenvalue weighted by Crippen LogP contribution is 2.27. The molecule has 90 valence electrons. The molecule has 0 amide bonds. The van der Waals surface area contributed by atoms with Gasteiger partial charge in [0.25, 0.3) is 0 Å². The molecule has 1 N–H and O–H groups in total. The van der Waals surface area contributed by atoms with Crippen molar-refractivity contribution in [3.63, 3.8) is 0 Å². The summed E-state index contributed by atoms with van der Waals surface area (Å²) in [4.78, 5) is 11.9. The third-order valence-corrected chi connectivity index (χ3v) is 3.41. The van der Waals surface area contributed by atoms with E-state index in [-0.39, 0.29) is 5.92 Å². The summed E-state index contributed by atoms with van der Waals surface area (Å²) in [6.07, 6.45) is 3.59. The fourth-order valence-electron chi connectivity index (χ4n) is 2.34. The minimum Gasteiger partial charge on any atom is -0.348 e. The number of aromatic nitrogens is 3. The van der Waals surface area contributed by atoms with Crippen molar-refractivity contribution in [1.82, 2.24) is 15.0 Å². The first-order valence-corrected chi connectivity index (χ1v) is 6.10. The molecule has 2 aromatic heterocycles. The van der Waals surface area contributed by atoms with Gasteiger partial charge in [0.05, 0.1) is 11.8 Å². The first-order valence-electron chi connectivity index (χ1n) is 6.10. The molecule has 0 spiro atoms. The van der Waals surface area contributed by atoms with E-state index >= 15 is 0 Å². The second-order valence-corrected chi connectivity index (χ2v) is 4.58. The van der Waals surface area contributed by atoms with Crippen LogP contribution in [0.1, 0.15) is 29.8 Å². The number of hydrogen-bond donors (Lipinski definition) is 1. The predicted octanol–water partition coefficient (Wildman–Crippen LogP) is 3.42. The van der Waals surface area contributed by atoms with E-state index in [9.17, 15) is 0 Å². The topological polar surface area (TPSA) is 41.6 Å². The van der Waals surface area contributed by atoms with E-state index < -0.39 is 0 Å². The van der Waals surface area contributed by atoms with E-state index in [0.717, 1.165) is 16.9 Å². The molecule has 0 aliphatic carbocycles. The molecule has 0 fully saturated rings. The van der Waals surface area contributed by atoms with Gasteiger partial charge in [0.2, 0.25) is 0 Å². The smallest absolute Gasteiger partial charge is 0.0921 e. The largest absolute Gasteiger partial charge is 0.348 e. The van der Waals surface area contributed by atoms with Gasteiger partial charge in [0.1, 0.15) is 0 Å². The number of fused-ring (bicyclic) bond motifs is 1. The molecular weight excluding hydrogens is 222 g/mol. The summed E-state index contributed by atoms with van der Waals surface area (Å²) in [7, 11) is 0. The summed E-state index contributed by atoms with van der Waals surface area (Å²) < 4.78 is 0. The summed E-state index contributed by atoms with van der Waals surface area (Å²) in [6.45, 7) is 4.24. The van der Waals surface area contributed by atoms with Gasteiger partial charge in [-0.1, -0.05) is 25.1 Å². The third kappa shape index (κ3) is 1.78. The van der Waals surface area contributed by atoms with Crippen LogP contribution in [0.2, 0.25) is 0 Å². The van der Waals surface area contributed by atoms with Crippen LogP contribution in [-0.4, -0.2) is 15.0 Å². The molecule has 2 heterocycles. The van der Waals surface area contributed by atoms with Gasteiger partial charge in [0, 0.05) is 28.9 Å². The number of aryl methyl sites for hydroxylation is 1. The Morgan fingerprint density at radius 3 is 2.83 bits per heavy atom. The Balaban J connectivity index is 2.14. The number of rotatable bonds is 2. The Labute approximate surface area is 106 Å². The van der Waals surface area contributed by atoms with Crippen molar-refractivity contribution in [2.75, 3.05) is 0 Å². The molecule has 0 saturated carbocycles. The number of pyridine rings is 1. The average Bonchev–Trinajstić information content (AvgIpc) is 2.91. The van der Waals surface area contributed by atoms with Crippen LogP contribution in [0.25, 0.3) is 10.9 Å². The number of imidazole rings is 1. The van der Waals surface area contributed by atoms with Crippen LogP contribution < -0.4 is 0 Å².